The minimum atomic E-state index is 0.00301. The van der Waals surface area contributed by atoms with E-state index >= 15 is 0 Å². The lowest BCUT2D eigenvalue weighted by atomic mass is 9.93. The van der Waals surface area contributed by atoms with Gasteiger partial charge in [-0.2, -0.15) is 5.26 Å². The van der Waals surface area contributed by atoms with Gasteiger partial charge in [0.25, 0.3) is 0 Å². The summed E-state index contributed by atoms with van der Waals surface area (Å²) in [5.41, 5.74) is 2.49. The van der Waals surface area contributed by atoms with E-state index in [1.54, 1.807) is 12.1 Å². The lowest BCUT2D eigenvalue weighted by molar-refractivity contribution is 0.280. The Bertz CT molecular complexity index is 336. The second kappa shape index (κ2) is 4.06. The van der Waals surface area contributed by atoms with Gasteiger partial charge in [0.15, 0.2) is 0 Å². The van der Waals surface area contributed by atoms with Crippen LogP contribution in [0.5, 0.6) is 0 Å². The van der Waals surface area contributed by atoms with Crippen LogP contribution in [0.4, 0.5) is 0 Å². The first-order chi connectivity index (χ1) is 6.20. The van der Waals surface area contributed by atoms with E-state index in [1.807, 2.05) is 19.9 Å². The van der Waals surface area contributed by atoms with Gasteiger partial charge in [-0.05, 0) is 23.1 Å². The average Bonchev–Trinajstić information content (AvgIpc) is 2.16. The summed E-state index contributed by atoms with van der Waals surface area (Å²) in [5.74, 6) is 0.276. The fraction of sp³-hybridized carbons (Fsp3) is 0.364. The topological polar surface area (TPSA) is 44.0 Å². The number of hydrogen-bond acceptors (Lipinski definition) is 2. The predicted molar refractivity (Wildman–Crippen MR) is 51.2 cm³/mol. The van der Waals surface area contributed by atoms with Crippen LogP contribution < -0.4 is 0 Å². The van der Waals surface area contributed by atoms with E-state index in [1.165, 1.54) is 0 Å². The molecule has 1 aromatic carbocycles. The molecule has 0 bridgehead atoms. The highest BCUT2D eigenvalue weighted by atomic mass is 16.3. The maximum absolute atomic E-state index is 9.08. The average molecular weight is 175 g/mol. The zero-order valence-electron chi connectivity index (χ0n) is 7.91. The fourth-order valence-corrected chi connectivity index (χ4v) is 1.53. The van der Waals surface area contributed by atoms with Crippen LogP contribution in [-0.2, 0) is 6.61 Å². The monoisotopic (exact) mass is 175 g/mol. The smallest absolute Gasteiger partial charge is 0.0994 e. The van der Waals surface area contributed by atoms with Crippen LogP contribution in [0.15, 0.2) is 18.2 Å². The molecule has 0 aliphatic heterocycles. The standard InChI is InChI=1S/C11H13NO/c1-8(2)11-9(6-12)4-3-5-10(11)7-13/h3-5,8,13H,7H2,1-2H3. The van der Waals surface area contributed by atoms with Crippen molar-refractivity contribution >= 4 is 0 Å². The fourth-order valence-electron chi connectivity index (χ4n) is 1.53. The number of nitrogens with zero attached hydrogens (tertiary/aromatic N) is 1. The SMILES string of the molecule is CC(C)c1c(C#N)cccc1CO. The van der Waals surface area contributed by atoms with E-state index in [0.29, 0.717) is 5.56 Å². The van der Waals surface area contributed by atoms with Gasteiger partial charge >= 0.3 is 0 Å². The predicted octanol–water partition coefficient (Wildman–Crippen LogP) is 2.17. The first kappa shape index (κ1) is 9.76. The van der Waals surface area contributed by atoms with E-state index in [0.717, 1.165) is 11.1 Å². The molecular formula is C11H13NO. The quantitative estimate of drug-likeness (QED) is 0.748. The molecule has 2 heteroatoms. The van der Waals surface area contributed by atoms with E-state index < -0.39 is 0 Å². The number of nitriles is 1. The van der Waals surface area contributed by atoms with Crippen LogP contribution >= 0.6 is 0 Å². The van der Waals surface area contributed by atoms with Crippen molar-refractivity contribution in [2.24, 2.45) is 0 Å². The highest BCUT2D eigenvalue weighted by Crippen LogP contribution is 2.23. The molecule has 0 unspecified atom stereocenters. The summed E-state index contributed by atoms with van der Waals surface area (Å²) in [4.78, 5) is 0. The maximum atomic E-state index is 9.08. The van der Waals surface area contributed by atoms with Gasteiger partial charge in [-0.1, -0.05) is 26.0 Å². The third-order valence-corrected chi connectivity index (χ3v) is 2.06. The molecule has 0 aliphatic rings. The van der Waals surface area contributed by atoms with E-state index in [4.69, 9.17) is 10.4 Å². The molecule has 0 atom stereocenters. The minimum Gasteiger partial charge on any atom is -0.392 e. The molecule has 0 spiro atoms. The Labute approximate surface area is 78.4 Å². The third kappa shape index (κ3) is 1.88. The molecule has 1 rings (SSSR count). The van der Waals surface area contributed by atoms with Gasteiger partial charge in [0, 0.05) is 0 Å². The second-order valence-corrected chi connectivity index (χ2v) is 3.30. The highest BCUT2D eigenvalue weighted by molar-refractivity contribution is 5.44. The molecular weight excluding hydrogens is 162 g/mol. The zero-order chi connectivity index (χ0) is 9.84. The third-order valence-electron chi connectivity index (χ3n) is 2.06. The Kier molecular flexibility index (Phi) is 3.05. The van der Waals surface area contributed by atoms with Gasteiger partial charge in [0.1, 0.15) is 0 Å². The molecule has 1 aromatic rings. The normalized spacial score (nSPS) is 10.1. The summed E-state index contributed by atoms with van der Waals surface area (Å²) in [5, 5.41) is 17.9. The summed E-state index contributed by atoms with van der Waals surface area (Å²) in [7, 11) is 0. The first-order valence-electron chi connectivity index (χ1n) is 4.33. The molecule has 2 nitrogen and oxygen atoms in total. The van der Waals surface area contributed by atoms with Crippen LogP contribution in [-0.4, -0.2) is 5.11 Å². The van der Waals surface area contributed by atoms with Gasteiger partial charge in [-0.25, -0.2) is 0 Å². The highest BCUT2D eigenvalue weighted by Gasteiger charge is 2.10. The number of aliphatic hydroxyl groups excluding tert-OH is 1. The number of aliphatic hydroxyl groups is 1. The van der Waals surface area contributed by atoms with Crippen molar-refractivity contribution in [2.75, 3.05) is 0 Å². The summed E-state index contributed by atoms with van der Waals surface area (Å²) >= 11 is 0. The summed E-state index contributed by atoms with van der Waals surface area (Å²) in [6.45, 7) is 4.05. The van der Waals surface area contributed by atoms with Crippen molar-refractivity contribution in [3.8, 4) is 6.07 Å². The Morgan fingerprint density at radius 2 is 2.15 bits per heavy atom. The minimum absolute atomic E-state index is 0.00301. The van der Waals surface area contributed by atoms with E-state index in [9.17, 15) is 0 Å². The Morgan fingerprint density at radius 3 is 2.62 bits per heavy atom. The van der Waals surface area contributed by atoms with Gasteiger partial charge in [-0.3, -0.25) is 0 Å². The number of benzene rings is 1. The largest absolute Gasteiger partial charge is 0.392 e. The van der Waals surface area contributed by atoms with Crippen LogP contribution in [0, 0.1) is 11.3 Å². The Morgan fingerprint density at radius 1 is 1.46 bits per heavy atom. The van der Waals surface area contributed by atoms with Crippen molar-refractivity contribution < 1.29 is 5.11 Å². The van der Waals surface area contributed by atoms with Gasteiger partial charge < -0.3 is 5.11 Å². The van der Waals surface area contributed by atoms with Crippen molar-refractivity contribution in [1.82, 2.24) is 0 Å². The van der Waals surface area contributed by atoms with Crippen LogP contribution in [0.25, 0.3) is 0 Å². The molecule has 0 saturated heterocycles. The van der Waals surface area contributed by atoms with Crippen LogP contribution in [0.3, 0.4) is 0 Å². The number of rotatable bonds is 2. The van der Waals surface area contributed by atoms with Crippen LogP contribution in [0.2, 0.25) is 0 Å². The lowest BCUT2D eigenvalue weighted by Gasteiger charge is -2.12. The summed E-state index contributed by atoms with van der Waals surface area (Å²) < 4.78 is 0. The van der Waals surface area contributed by atoms with E-state index in [-0.39, 0.29) is 12.5 Å². The Balaban J connectivity index is 3.32. The molecule has 68 valence electrons. The zero-order valence-corrected chi connectivity index (χ0v) is 7.91. The van der Waals surface area contributed by atoms with Crippen molar-refractivity contribution in [3.05, 3.63) is 34.9 Å². The molecule has 0 radical (unpaired) electrons. The lowest BCUT2D eigenvalue weighted by Crippen LogP contribution is -1.99. The molecule has 0 aliphatic carbocycles. The molecule has 0 heterocycles. The van der Waals surface area contributed by atoms with Crippen molar-refractivity contribution in [3.63, 3.8) is 0 Å². The molecule has 0 fully saturated rings. The van der Waals surface area contributed by atoms with Crippen molar-refractivity contribution in [2.45, 2.75) is 26.4 Å². The van der Waals surface area contributed by atoms with Gasteiger partial charge in [0.05, 0.1) is 18.2 Å². The first-order valence-corrected chi connectivity index (χ1v) is 4.33. The second-order valence-electron chi connectivity index (χ2n) is 3.30. The molecule has 0 amide bonds. The maximum Gasteiger partial charge on any atom is 0.0994 e. The van der Waals surface area contributed by atoms with Crippen LogP contribution in [0.1, 0.15) is 36.5 Å². The molecule has 0 saturated carbocycles. The Hall–Kier alpha value is -1.33. The molecule has 0 aromatic heterocycles. The summed E-state index contributed by atoms with van der Waals surface area (Å²) in [6, 6.07) is 7.59. The van der Waals surface area contributed by atoms with E-state index in [2.05, 4.69) is 6.07 Å². The molecule has 1 N–H and O–H groups in total. The molecule has 13 heavy (non-hydrogen) atoms. The van der Waals surface area contributed by atoms with Gasteiger partial charge in [0.2, 0.25) is 0 Å². The summed E-state index contributed by atoms with van der Waals surface area (Å²) in [6.07, 6.45) is 0. The van der Waals surface area contributed by atoms with Gasteiger partial charge in [-0.15, -0.1) is 0 Å². The number of hydrogen-bond donors (Lipinski definition) is 1. The van der Waals surface area contributed by atoms with Crippen molar-refractivity contribution in [1.29, 1.82) is 5.26 Å².